The van der Waals surface area contributed by atoms with E-state index in [0.717, 1.165) is 44.0 Å². The molecule has 0 saturated carbocycles. The average Bonchev–Trinajstić information content (AvgIpc) is 3.28. The van der Waals surface area contributed by atoms with Gasteiger partial charge in [0.05, 0.1) is 5.75 Å². The lowest BCUT2D eigenvalue weighted by Crippen LogP contribution is -2.50. The first kappa shape index (κ1) is 20.4. The van der Waals surface area contributed by atoms with Crippen LogP contribution in [0.25, 0.3) is 11.5 Å². The number of carbonyl (C=O) groups excluding carboxylic acids is 1. The molecule has 0 unspecified atom stereocenters. The number of ether oxygens (including phenoxy) is 1. The van der Waals surface area contributed by atoms with Crippen molar-refractivity contribution in [3.63, 3.8) is 0 Å². The highest BCUT2D eigenvalue weighted by atomic mass is 32.2. The van der Waals surface area contributed by atoms with E-state index in [-0.39, 0.29) is 5.91 Å². The normalized spacial score (nSPS) is 14.6. The van der Waals surface area contributed by atoms with Crippen molar-refractivity contribution >= 4 is 17.7 Å². The molecule has 0 radical (unpaired) electrons. The molecule has 1 fully saturated rings. The van der Waals surface area contributed by atoms with Gasteiger partial charge in [0.15, 0.2) is 0 Å². The van der Waals surface area contributed by atoms with Crippen LogP contribution in [0.15, 0.2) is 70.3 Å². The van der Waals surface area contributed by atoms with Gasteiger partial charge in [-0.2, -0.15) is 0 Å². The molecule has 0 aliphatic carbocycles. The van der Waals surface area contributed by atoms with Crippen molar-refractivity contribution in [1.82, 2.24) is 20.0 Å². The Hall–Kier alpha value is -2.84. The highest BCUT2D eigenvalue weighted by Crippen LogP contribution is 2.23. The first-order chi connectivity index (χ1) is 14.8. The topological polar surface area (TPSA) is 71.7 Å². The van der Waals surface area contributed by atoms with E-state index in [0.29, 0.717) is 23.5 Å². The highest BCUT2D eigenvalue weighted by Gasteiger charge is 2.21. The Balaban J connectivity index is 1.16. The molecule has 0 atom stereocenters. The number of para-hydroxylation sites is 1. The van der Waals surface area contributed by atoms with Gasteiger partial charge in [-0.25, -0.2) is 0 Å². The van der Waals surface area contributed by atoms with Crippen LogP contribution in [0.1, 0.15) is 0 Å². The van der Waals surface area contributed by atoms with Crippen LogP contribution in [0.5, 0.6) is 5.75 Å². The Labute approximate surface area is 180 Å². The predicted octanol–water partition coefficient (Wildman–Crippen LogP) is 3.05. The van der Waals surface area contributed by atoms with Crippen LogP contribution in [0.2, 0.25) is 0 Å². The maximum Gasteiger partial charge on any atom is 0.277 e. The SMILES string of the molecule is O=C(CSc1nnc(-c2ccccc2)o1)N1CCN(CCOc2ccccc2)CC1. The number of carbonyl (C=O) groups is 1. The lowest BCUT2D eigenvalue weighted by atomic mass is 10.2. The van der Waals surface area contributed by atoms with Crippen LogP contribution in [-0.4, -0.2) is 71.0 Å². The van der Waals surface area contributed by atoms with Gasteiger partial charge in [-0.3, -0.25) is 9.69 Å². The van der Waals surface area contributed by atoms with Crippen LogP contribution < -0.4 is 4.74 Å². The van der Waals surface area contributed by atoms with Crippen molar-refractivity contribution in [2.24, 2.45) is 0 Å². The van der Waals surface area contributed by atoms with Crippen molar-refractivity contribution in [2.45, 2.75) is 5.22 Å². The standard InChI is InChI=1S/C22H24N4O3S/c27-20(17-30-22-24-23-21(29-22)18-7-3-1-4-8-18)26-13-11-25(12-14-26)15-16-28-19-9-5-2-6-10-19/h1-10H,11-17H2. The Morgan fingerprint density at radius 1 is 0.967 bits per heavy atom. The highest BCUT2D eigenvalue weighted by molar-refractivity contribution is 7.99. The lowest BCUT2D eigenvalue weighted by Gasteiger charge is -2.34. The number of rotatable bonds is 8. The second-order valence-electron chi connectivity index (χ2n) is 6.91. The van der Waals surface area contributed by atoms with Crippen LogP contribution >= 0.6 is 11.8 Å². The minimum atomic E-state index is 0.0969. The number of amides is 1. The molecule has 0 N–H and O–H groups in total. The number of hydrogen-bond acceptors (Lipinski definition) is 7. The van der Waals surface area contributed by atoms with Gasteiger partial charge in [0.1, 0.15) is 12.4 Å². The minimum Gasteiger partial charge on any atom is -0.492 e. The zero-order chi connectivity index (χ0) is 20.6. The molecule has 1 aromatic heterocycles. The molecule has 30 heavy (non-hydrogen) atoms. The predicted molar refractivity (Wildman–Crippen MR) is 115 cm³/mol. The molecule has 4 rings (SSSR count). The smallest absolute Gasteiger partial charge is 0.277 e. The maximum absolute atomic E-state index is 12.5. The van der Waals surface area contributed by atoms with Crippen molar-refractivity contribution in [2.75, 3.05) is 45.1 Å². The molecular formula is C22H24N4O3S. The molecular weight excluding hydrogens is 400 g/mol. The number of hydrogen-bond donors (Lipinski definition) is 0. The number of thioether (sulfide) groups is 1. The van der Waals surface area contributed by atoms with Crippen LogP contribution in [0.4, 0.5) is 0 Å². The summed E-state index contributed by atoms with van der Waals surface area (Å²) >= 11 is 1.28. The second-order valence-corrected chi connectivity index (χ2v) is 7.84. The molecule has 0 bridgehead atoms. The molecule has 156 valence electrons. The molecule has 1 aliphatic rings. The van der Waals surface area contributed by atoms with Gasteiger partial charge in [0.25, 0.3) is 5.22 Å². The van der Waals surface area contributed by atoms with Crippen molar-refractivity contribution in [3.8, 4) is 17.2 Å². The van der Waals surface area contributed by atoms with Gasteiger partial charge in [0, 0.05) is 38.3 Å². The fourth-order valence-electron chi connectivity index (χ4n) is 3.21. The number of nitrogens with zero attached hydrogens (tertiary/aromatic N) is 4. The molecule has 3 aromatic rings. The number of piperazine rings is 1. The molecule has 1 amide bonds. The summed E-state index contributed by atoms with van der Waals surface area (Å²) in [4.78, 5) is 16.7. The molecule has 1 aliphatic heterocycles. The van der Waals surface area contributed by atoms with Crippen molar-refractivity contribution < 1.29 is 13.9 Å². The largest absolute Gasteiger partial charge is 0.492 e. The zero-order valence-corrected chi connectivity index (χ0v) is 17.5. The van der Waals surface area contributed by atoms with Gasteiger partial charge in [-0.15, -0.1) is 10.2 Å². The summed E-state index contributed by atoms with van der Waals surface area (Å²) in [5.41, 5.74) is 0.871. The summed E-state index contributed by atoms with van der Waals surface area (Å²) in [6, 6.07) is 19.4. The second kappa shape index (κ2) is 10.3. The first-order valence-corrected chi connectivity index (χ1v) is 11.0. The van der Waals surface area contributed by atoms with E-state index < -0.39 is 0 Å². The van der Waals surface area contributed by atoms with Gasteiger partial charge in [0.2, 0.25) is 11.8 Å². The third kappa shape index (κ3) is 5.61. The summed E-state index contributed by atoms with van der Waals surface area (Å²) in [5, 5.41) is 8.51. The van der Waals surface area contributed by atoms with Crippen LogP contribution in [0.3, 0.4) is 0 Å². The number of aromatic nitrogens is 2. The third-order valence-corrected chi connectivity index (χ3v) is 5.69. The van der Waals surface area contributed by atoms with E-state index in [1.807, 2.05) is 65.6 Å². The van der Waals surface area contributed by atoms with E-state index in [1.165, 1.54) is 11.8 Å². The molecule has 0 spiro atoms. The summed E-state index contributed by atoms with van der Waals surface area (Å²) < 4.78 is 11.4. The first-order valence-electron chi connectivity index (χ1n) is 9.97. The molecule has 7 nitrogen and oxygen atoms in total. The van der Waals surface area contributed by atoms with E-state index in [4.69, 9.17) is 9.15 Å². The molecule has 2 aromatic carbocycles. The summed E-state index contributed by atoms with van der Waals surface area (Å²) in [6.45, 7) is 4.67. The van der Waals surface area contributed by atoms with Gasteiger partial charge in [-0.05, 0) is 24.3 Å². The van der Waals surface area contributed by atoms with E-state index in [1.54, 1.807) is 0 Å². The lowest BCUT2D eigenvalue weighted by molar-refractivity contribution is -0.130. The fourth-order valence-corrected chi connectivity index (χ4v) is 3.88. The van der Waals surface area contributed by atoms with Gasteiger partial charge in [-0.1, -0.05) is 48.2 Å². The zero-order valence-electron chi connectivity index (χ0n) is 16.6. The Bertz CT molecular complexity index is 928. The van der Waals surface area contributed by atoms with Crippen molar-refractivity contribution in [1.29, 1.82) is 0 Å². The summed E-state index contributed by atoms with van der Waals surface area (Å²) in [5.74, 6) is 1.75. The molecule has 1 saturated heterocycles. The Morgan fingerprint density at radius 2 is 1.67 bits per heavy atom. The maximum atomic E-state index is 12.5. The quantitative estimate of drug-likeness (QED) is 0.515. The van der Waals surface area contributed by atoms with Gasteiger partial charge >= 0.3 is 0 Å². The summed E-state index contributed by atoms with van der Waals surface area (Å²) in [7, 11) is 0. The van der Waals surface area contributed by atoms with Gasteiger partial charge < -0.3 is 14.1 Å². The van der Waals surface area contributed by atoms with E-state index >= 15 is 0 Å². The average molecular weight is 425 g/mol. The van der Waals surface area contributed by atoms with E-state index in [9.17, 15) is 4.79 Å². The third-order valence-electron chi connectivity index (χ3n) is 4.89. The van der Waals surface area contributed by atoms with Crippen molar-refractivity contribution in [3.05, 3.63) is 60.7 Å². The Morgan fingerprint density at radius 3 is 2.40 bits per heavy atom. The van der Waals surface area contributed by atoms with Crippen LogP contribution in [-0.2, 0) is 4.79 Å². The summed E-state index contributed by atoms with van der Waals surface area (Å²) in [6.07, 6.45) is 0. The number of benzene rings is 2. The van der Waals surface area contributed by atoms with E-state index in [2.05, 4.69) is 15.1 Å². The molecule has 8 heteroatoms. The fraction of sp³-hybridized carbons (Fsp3) is 0.318. The molecule has 2 heterocycles. The minimum absolute atomic E-state index is 0.0969. The monoisotopic (exact) mass is 424 g/mol. The van der Waals surface area contributed by atoms with Crippen LogP contribution in [0, 0.1) is 0 Å². The Kier molecular flexibility index (Phi) is 6.99.